The molecule has 0 saturated heterocycles. The number of alkyl halides is 6. The fraction of sp³-hybridized carbons (Fsp3) is 0.767. The molecule has 21 heteroatoms. The number of Topliss-reactive ketones (excluding diaryl/α,β-unsaturated/α-hetero) is 2. The molecule has 1 aliphatic rings. The van der Waals surface area contributed by atoms with Crippen LogP contribution in [0.15, 0.2) is 48.5 Å². The number of thioether (sulfide) groups is 1. The summed E-state index contributed by atoms with van der Waals surface area (Å²) in [6.45, 7) is 45.3. The lowest BCUT2D eigenvalue weighted by molar-refractivity contribution is -0.327. The molecule has 0 atom stereocenters. The van der Waals surface area contributed by atoms with Crippen molar-refractivity contribution in [3.05, 3.63) is 65.2 Å². The minimum atomic E-state index is -5.24. The molecule has 1 aliphatic carbocycles. The Morgan fingerprint density at radius 1 is 0.532 bits per heavy atom. The number of sulfone groups is 1. The summed E-state index contributed by atoms with van der Waals surface area (Å²) in [5.41, 5.74) is 0.892. The molecule has 0 heterocycles. The van der Waals surface area contributed by atoms with Gasteiger partial charge in [0, 0.05) is 46.5 Å². The summed E-state index contributed by atoms with van der Waals surface area (Å²) < 4.78 is 115. The molecule has 1 saturated carbocycles. The van der Waals surface area contributed by atoms with Crippen LogP contribution in [0, 0.1) is 54.3 Å². The molecule has 0 spiro atoms. The van der Waals surface area contributed by atoms with Gasteiger partial charge in [-0.15, -0.1) is 0 Å². The van der Waals surface area contributed by atoms with E-state index in [0.717, 1.165) is 54.3 Å². The quantitative estimate of drug-likeness (QED) is 0.161. The first-order chi connectivity index (χ1) is 40.6. The zero-order valence-corrected chi connectivity index (χ0v) is 64.7. The third-order valence-electron chi connectivity index (χ3n) is 9.06. The summed E-state index contributed by atoms with van der Waals surface area (Å²) in [7, 11) is 7.50. The number of methoxy groups -OCH3 is 6. The van der Waals surface area contributed by atoms with Gasteiger partial charge in [0.1, 0.15) is 27.2 Å². The lowest BCUT2D eigenvalue weighted by Crippen LogP contribution is -2.44. The van der Waals surface area contributed by atoms with Gasteiger partial charge in [-0.25, -0.2) is 13.2 Å². The number of ether oxygens (including phenoxy) is 6. The molecule has 574 valence electrons. The topological polar surface area (TPSA) is 175 Å². The maximum Gasteiger partial charge on any atom is 0.507 e. The first kappa shape index (κ1) is 130. The molecule has 0 aliphatic heterocycles. The van der Waals surface area contributed by atoms with Crippen molar-refractivity contribution >= 4 is 51.3 Å². The van der Waals surface area contributed by atoms with Crippen molar-refractivity contribution in [1.29, 1.82) is 0 Å². The van der Waals surface area contributed by atoms with Crippen LogP contribution in [0.3, 0.4) is 0 Å². The molecule has 0 radical (unpaired) electrons. The summed E-state index contributed by atoms with van der Waals surface area (Å²) in [6, 6.07) is 16.6. The van der Waals surface area contributed by atoms with E-state index in [1.807, 2.05) is 43.7 Å². The number of hydrogen-bond acceptors (Lipinski definition) is 14. The highest BCUT2D eigenvalue weighted by atomic mass is 32.2. The Labute approximate surface area is 581 Å². The number of carbonyl (C=O) groups is 5. The fourth-order valence-corrected chi connectivity index (χ4v) is 5.02. The Balaban J connectivity index is -0.0000000504. The van der Waals surface area contributed by atoms with Crippen molar-refractivity contribution in [3.63, 3.8) is 0 Å². The molecular weight excluding hydrogens is 1260 g/mol. The Morgan fingerprint density at radius 3 is 0.830 bits per heavy atom. The first-order valence-corrected chi connectivity index (χ1v) is 34.0. The van der Waals surface area contributed by atoms with Crippen LogP contribution in [0.4, 0.5) is 31.1 Å². The Kier molecular flexibility index (Phi) is 114. The number of hydrogen-bond donors (Lipinski definition) is 0. The van der Waals surface area contributed by atoms with Crippen LogP contribution in [-0.2, 0) is 59.1 Å². The standard InChI is InChI=1S/C12H24.C9H12.C8H10O.C5H6F6.C5H12.C4H8O2.C4H8O.C4H10.C3H6O3.C3H6O2.C3H6O.C3H8.C2H6O2S.C2H6O.C2H6S.4CH4/c1-9-5-10(2)7-12(4)8-11(3)6-9;1-3-9-6-4-8(2)5-7-9;1-7-3-5-8(9-2)6-4-7;1-3(2,4(6,7)8)5(9,10)11;1-5(2,3)4;1-3-4(5)6-2;1-3-4(2)5;1-4(2)3;1-5-3(4)6-2;1-3(4)5-2;1-3(2)4;1-3-2;1-5(2,3)4;2*1-3-2;;;;/h9-12H,5-8H2,1-4H3;4-7H,3H2,1-2H3;3-6H,1-2H3;1-2H3;1-4H3;3H2,1-2H3;3H2,1-2H3;4H,1-3H3;1-2H3;1-2H3;1-2H3;3H2,1-2H3;1-2H3;2*1-2H3;4*1H4. The molecule has 3 rings (SSSR count). The summed E-state index contributed by atoms with van der Waals surface area (Å²) >= 11 is 1.75. The lowest BCUT2D eigenvalue weighted by atomic mass is 9.78. The highest BCUT2D eigenvalue weighted by Gasteiger charge is 2.64. The number of halogens is 6. The number of carbonyl (C=O) groups excluding carboxylic acids is 5. The van der Waals surface area contributed by atoms with E-state index in [9.17, 15) is 58.7 Å². The Morgan fingerprint density at radius 2 is 0.734 bits per heavy atom. The number of benzene rings is 2. The molecule has 1 fully saturated rings. The van der Waals surface area contributed by atoms with Gasteiger partial charge in [-0.2, -0.15) is 38.1 Å². The zero-order chi connectivity index (χ0) is 74.8. The number of esters is 2. The van der Waals surface area contributed by atoms with Crippen molar-refractivity contribution < 1.29 is 87.2 Å². The fourth-order valence-electron chi connectivity index (χ4n) is 5.02. The van der Waals surface area contributed by atoms with Crippen LogP contribution in [0.25, 0.3) is 0 Å². The number of ketones is 2. The van der Waals surface area contributed by atoms with Crippen molar-refractivity contribution in [2.24, 2.45) is 40.4 Å². The molecule has 0 unspecified atom stereocenters. The van der Waals surface area contributed by atoms with Crippen molar-refractivity contribution in [3.8, 4) is 5.75 Å². The molecule has 0 amide bonds. The van der Waals surface area contributed by atoms with Gasteiger partial charge in [0.25, 0.3) is 0 Å². The van der Waals surface area contributed by atoms with Crippen LogP contribution < -0.4 is 4.74 Å². The van der Waals surface area contributed by atoms with Crippen LogP contribution in [0.5, 0.6) is 5.75 Å². The highest BCUT2D eigenvalue weighted by molar-refractivity contribution is 7.97. The van der Waals surface area contributed by atoms with E-state index in [1.165, 1.54) is 98.0 Å². The van der Waals surface area contributed by atoms with Gasteiger partial charge in [0.05, 0.1) is 35.5 Å². The van der Waals surface area contributed by atoms with Crippen LogP contribution in [0.2, 0.25) is 0 Å². The van der Waals surface area contributed by atoms with Gasteiger partial charge in [0.15, 0.2) is 5.41 Å². The second-order valence-electron chi connectivity index (χ2n) is 24.0. The van der Waals surface area contributed by atoms with E-state index in [2.05, 4.69) is 159 Å². The number of rotatable bonds is 4. The summed E-state index contributed by atoms with van der Waals surface area (Å²) in [5.74, 6) is 5.61. The molecular formula is C73H150F6O13S2. The maximum atomic E-state index is 11.6. The van der Waals surface area contributed by atoms with Crippen LogP contribution >= 0.6 is 11.8 Å². The second-order valence-corrected chi connectivity index (χ2v) is 27.1. The van der Waals surface area contributed by atoms with Crippen molar-refractivity contribution in [2.45, 2.75) is 260 Å². The molecule has 2 aromatic rings. The predicted octanol–water partition coefficient (Wildman–Crippen LogP) is 23.1. The minimum Gasteiger partial charge on any atom is -0.497 e. The smallest absolute Gasteiger partial charge is 0.497 e. The van der Waals surface area contributed by atoms with E-state index in [1.54, 1.807) is 46.9 Å². The predicted molar refractivity (Wildman–Crippen MR) is 398 cm³/mol. The van der Waals surface area contributed by atoms with Gasteiger partial charge in [-0.1, -0.05) is 194 Å². The summed E-state index contributed by atoms with van der Waals surface area (Å²) in [5, 5.41) is 0. The van der Waals surface area contributed by atoms with E-state index >= 15 is 0 Å². The zero-order valence-electron chi connectivity index (χ0n) is 63.1. The minimum absolute atomic E-state index is 0. The average Bonchev–Trinajstić information content (AvgIpc) is 0.846. The third-order valence-corrected chi connectivity index (χ3v) is 9.06. The molecule has 0 N–H and O–H groups in total. The number of aryl methyl sites for hydroxylation is 3. The summed E-state index contributed by atoms with van der Waals surface area (Å²) in [6.07, 6.45) is 4.59. The van der Waals surface area contributed by atoms with Gasteiger partial charge in [-0.05, 0) is 146 Å². The second kappa shape index (κ2) is 82.9. The van der Waals surface area contributed by atoms with Gasteiger partial charge in [-0.3, -0.25) is 9.59 Å². The van der Waals surface area contributed by atoms with Gasteiger partial charge < -0.3 is 38.0 Å². The average molecular weight is 1410 g/mol. The molecule has 94 heavy (non-hydrogen) atoms. The molecule has 0 bridgehead atoms. The van der Waals surface area contributed by atoms with E-state index < -0.39 is 33.8 Å². The van der Waals surface area contributed by atoms with Gasteiger partial charge in [0.2, 0.25) is 0 Å². The Hall–Kier alpha value is -4.37. The first-order valence-electron chi connectivity index (χ1n) is 30.0. The molecule has 0 aromatic heterocycles. The van der Waals surface area contributed by atoms with Crippen molar-refractivity contribution in [2.75, 3.05) is 74.8 Å². The van der Waals surface area contributed by atoms with E-state index in [-0.39, 0.29) is 67.1 Å². The maximum absolute atomic E-state index is 11.6. The highest BCUT2D eigenvalue weighted by Crippen LogP contribution is 2.49. The van der Waals surface area contributed by atoms with E-state index in [4.69, 9.17) is 4.74 Å². The molecule has 13 nitrogen and oxygen atoms in total. The SMILES string of the molecule is C.C.C.C.CC(C)(C(F)(F)F)C(F)(F)F.CC(C)(C)C.CC(C)=O.CC(C)C.CC1CC(C)CC(C)CC(C)C1.CCC.CCC(=O)OC.CCC(C)=O.CCc1ccc(C)cc1.COC.COC(=O)OC.COC(C)=O.COc1ccc(C)cc1.CS(C)(=O)=O.CSC. The summed E-state index contributed by atoms with van der Waals surface area (Å²) in [4.78, 5) is 48.5. The van der Waals surface area contributed by atoms with E-state index in [0.29, 0.717) is 18.3 Å². The monoisotopic (exact) mass is 1410 g/mol. The largest absolute Gasteiger partial charge is 0.507 e. The van der Waals surface area contributed by atoms with Gasteiger partial charge >= 0.3 is 30.4 Å². The van der Waals surface area contributed by atoms with Crippen molar-refractivity contribution in [1.82, 2.24) is 0 Å². The van der Waals surface area contributed by atoms with Crippen LogP contribution in [-0.4, -0.2) is 125 Å². The molecule has 2 aromatic carbocycles. The van der Waals surface area contributed by atoms with Crippen LogP contribution in [0.1, 0.15) is 244 Å². The lowest BCUT2D eigenvalue weighted by Gasteiger charge is -2.29. The Bertz CT molecular complexity index is 1820. The third kappa shape index (κ3) is 153. The normalized spacial score (nSPS) is 13.5.